The molecule has 88 valence electrons. The van der Waals surface area contributed by atoms with Gasteiger partial charge in [-0.2, -0.15) is 0 Å². The van der Waals surface area contributed by atoms with Crippen LogP contribution in [0.4, 0.5) is 4.39 Å². The maximum Gasteiger partial charge on any atom is 0.126 e. The number of halogens is 1. The van der Waals surface area contributed by atoms with E-state index >= 15 is 0 Å². The number of hydrogen-bond donors (Lipinski definition) is 0. The van der Waals surface area contributed by atoms with Gasteiger partial charge in [-0.3, -0.25) is 0 Å². The Morgan fingerprint density at radius 3 is 2.00 bits per heavy atom. The van der Waals surface area contributed by atoms with Crippen molar-refractivity contribution in [1.29, 1.82) is 0 Å². The molecule has 1 rings (SSSR count). The minimum absolute atomic E-state index is 0.0769. The van der Waals surface area contributed by atoms with Gasteiger partial charge < -0.3 is 0 Å². The Morgan fingerprint density at radius 2 is 1.56 bits per heavy atom. The molecule has 0 saturated heterocycles. The third-order valence-electron chi connectivity index (χ3n) is 2.79. The fraction of sp³-hybridized carbons (Fsp3) is 0.467. The van der Waals surface area contributed by atoms with Crippen molar-refractivity contribution in [2.75, 3.05) is 0 Å². The van der Waals surface area contributed by atoms with E-state index in [0.29, 0.717) is 5.92 Å². The molecule has 0 aliphatic rings. The highest BCUT2D eigenvalue weighted by Gasteiger charge is 2.12. The average Bonchev–Trinajstić information content (AvgIpc) is 2.19. The second-order valence-corrected chi connectivity index (χ2v) is 4.81. The molecule has 1 aromatic rings. The first-order valence-electron chi connectivity index (χ1n) is 5.93. The van der Waals surface area contributed by atoms with E-state index in [4.69, 9.17) is 0 Å². The third-order valence-corrected chi connectivity index (χ3v) is 2.79. The van der Waals surface area contributed by atoms with E-state index in [1.807, 2.05) is 32.9 Å². The standard InChI is InChI=1S/C15H21F/c1-6-7-12-8-14(11(4)5)15(16)9-13(12)10(2)3/h6-11H,1-5H3/b7-6+. The molecular weight excluding hydrogens is 199 g/mol. The lowest BCUT2D eigenvalue weighted by molar-refractivity contribution is 0.594. The van der Waals surface area contributed by atoms with Crippen molar-refractivity contribution in [2.45, 2.75) is 46.5 Å². The smallest absolute Gasteiger partial charge is 0.126 e. The van der Waals surface area contributed by atoms with Crippen LogP contribution in [0.1, 0.15) is 63.1 Å². The topological polar surface area (TPSA) is 0 Å². The quantitative estimate of drug-likeness (QED) is 0.664. The Labute approximate surface area is 98.2 Å². The van der Waals surface area contributed by atoms with Crippen molar-refractivity contribution >= 4 is 6.08 Å². The minimum Gasteiger partial charge on any atom is -0.207 e. The van der Waals surface area contributed by atoms with Gasteiger partial charge in [-0.05, 0) is 47.6 Å². The molecule has 0 bridgehead atoms. The SMILES string of the molecule is C/C=C/c1cc(C(C)C)c(F)cc1C(C)C. The Bertz CT molecular complexity index is 387. The van der Waals surface area contributed by atoms with Crippen LogP contribution in [0.15, 0.2) is 18.2 Å². The zero-order valence-electron chi connectivity index (χ0n) is 10.8. The lowest BCUT2D eigenvalue weighted by Crippen LogP contribution is -2.00. The van der Waals surface area contributed by atoms with E-state index in [1.54, 1.807) is 6.07 Å². The van der Waals surface area contributed by atoms with Crippen LogP contribution in [0.5, 0.6) is 0 Å². The fourth-order valence-electron chi connectivity index (χ4n) is 1.89. The predicted octanol–water partition coefficient (Wildman–Crippen LogP) is 5.11. The van der Waals surface area contributed by atoms with Crippen LogP contribution in [0.3, 0.4) is 0 Å². The normalized spacial score (nSPS) is 12.0. The summed E-state index contributed by atoms with van der Waals surface area (Å²) < 4.78 is 13.9. The number of hydrogen-bond acceptors (Lipinski definition) is 0. The summed E-state index contributed by atoms with van der Waals surface area (Å²) in [4.78, 5) is 0. The van der Waals surface area contributed by atoms with Crippen LogP contribution in [0, 0.1) is 5.82 Å². The van der Waals surface area contributed by atoms with Gasteiger partial charge in [0.25, 0.3) is 0 Å². The van der Waals surface area contributed by atoms with Gasteiger partial charge >= 0.3 is 0 Å². The largest absolute Gasteiger partial charge is 0.207 e. The summed E-state index contributed by atoms with van der Waals surface area (Å²) in [6.45, 7) is 10.2. The Kier molecular flexibility index (Phi) is 4.28. The third kappa shape index (κ3) is 2.72. The van der Waals surface area contributed by atoms with Gasteiger partial charge in [-0.15, -0.1) is 0 Å². The van der Waals surface area contributed by atoms with E-state index in [2.05, 4.69) is 19.9 Å². The van der Waals surface area contributed by atoms with Crippen molar-refractivity contribution in [2.24, 2.45) is 0 Å². The van der Waals surface area contributed by atoms with E-state index in [9.17, 15) is 4.39 Å². The molecule has 0 aliphatic heterocycles. The second kappa shape index (κ2) is 5.29. The molecule has 0 unspecified atom stereocenters. The van der Waals surface area contributed by atoms with Crippen molar-refractivity contribution in [3.63, 3.8) is 0 Å². The summed E-state index contributed by atoms with van der Waals surface area (Å²) in [6.07, 6.45) is 4.06. The lowest BCUT2D eigenvalue weighted by atomic mass is 9.91. The first-order valence-corrected chi connectivity index (χ1v) is 5.93. The second-order valence-electron chi connectivity index (χ2n) is 4.81. The van der Waals surface area contributed by atoms with Gasteiger partial charge in [-0.1, -0.05) is 39.8 Å². The van der Waals surface area contributed by atoms with Gasteiger partial charge in [0.05, 0.1) is 0 Å². The highest BCUT2D eigenvalue weighted by atomic mass is 19.1. The Morgan fingerprint density at radius 1 is 1.00 bits per heavy atom. The number of benzene rings is 1. The van der Waals surface area contributed by atoms with Gasteiger partial charge in [-0.25, -0.2) is 4.39 Å². The van der Waals surface area contributed by atoms with Crippen LogP contribution >= 0.6 is 0 Å². The molecule has 1 heteroatoms. The molecule has 0 spiro atoms. The van der Waals surface area contributed by atoms with E-state index in [0.717, 1.165) is 16.7 Å². The molecule has 0 radical (unpaired) electrons. The molecule has 0 heterocycles. The highest BCUT2D eigenvalue weighted by molar-refractivity contribution is 5.56. The van der Waals surface area contributed by atoms with Crippen LogP contribution in [-0.2, 0) is 0 Å². The number of allylic oxidation sites excluding steroid dienone is 1. The van der Waals surface area contributed by atoms with Gasteiger partial charge in [0, 0.05) is 0 Å². The molecule has 0 N–H and O–H groups in total. The summed E-state index contributed by atoms with van der Waals surface area (Å²) in [6, 6.07) is 3.67. The van der Waals surface area contributed by atoms with Gasteiger partial charge in [0.2, 0.25) is 0 Å². The molecule has 0 fully saturated rings. The summed E-state index contributed by atoms with van der Waals surface area (Å²) in [5, 5.41) is 0. The van der Waals surface area contributed by atoms with Crippen LogP contribution in [0.25, 0.3) is 6.08 Å². The summed E-state index contributed by atoms with van der Waals surface area (Å²) >= 11 is 0. The lowest BCUT2D eigenvalue weighted by Gasteiger charge is -2.15. The Balaban J connectivity index is 3.37. The first-order chi connectivity index (χ1) is 7.47. The zero-order valence-corrected chi connectivity index (χ0v) is 10.8. The molecule has 0 nitrogen and oxygen atoms in total. The van der Waals surface area contributed by atoms with Crippen molar-refractivity contribution < 1.29 is 4.39 Å². The highest BCUT2D eigenvalue weighted by Crippen LogP contribution is 2.28. The fourth-order valence-corrected chi connectivity index (χ4v) is 1.89. The molecule has 0 atom stereocenters. The Hall–Kier alpha value is -1.11. The maximum absolute atomic E-state index is 13.9. The molecular formula is C15H21F. The van der Waals surface area contributed by atoms with Crippen LogP contribution < -0.4 is 0 Å². The van der Waals surface area contributed by atoms with Crippen molar-refractivity contribution in [3.8, 4) is 0 Å². The van der Waals surface area contributed by atoms with Crippen LogP contribution in [0.2, 0.25) is 0 Å². The number of rotatable bonds is 3. The molecule has 1 aromatic carbocycles. The monoisotopic (exact) mass is 220 g/mol. The van der Waals surface area contributed by atoms with Gasteiger partial charge in [0.15, 0.2) is 0 Å². The zero-order chi connectivity index (χ0) is 12.3. The molecule has 0 amide bonds. The van der Waals surface area contributed by atoms with Gasteiger partial charge in [0.1, 0.15) is 5.82 Å². The summed E-state index contributed by atoms with van der Waals surface area (Å²) in [7, 11) is 0. The summed E-state index contributed by atoms with van der Waals surface area (Å²) in [5.74, 6) is 0.499. The molecule has 0 saturated carbocycles. The minimum atomic E-state index is -0.0769. The molecule has 0 aromatic heterocycles. The van der Waals surface area contributed by atoms with Crippen molar-refractivity contribution in [1.82, 2.24) is 0 Å². The molecule has 0 aliphatic carbocycles. The van der Waals surface area contributed by atoms with Crippen LogP contribution in [-0.4, -0.2) is 0 Å². The predicted molar refractivity (Wildman–Crippen MR) is 69.3 cm³/mol. The van der Waals surface area contributed by atoms with Crippen molar-refractivity contribution in [3.05, 3.63) is 40.7 Å². The summed E-state index contributed by atoms with van der Waals surface area (Å²) in [5.41, 5.74) is 3.03. The van der Waals surface area contributed by atoms with E-state index in [1.165, 1.54) is 0 Å². The maximum atomic E-state index is 13.9. The molecule has 16 heavy (non-hydrogen) atoms. The van der Waals surface area contributed by atoms with E-state index < -0.39 is 0 Å². The average molecular weight is 220 g/mol. The first kappa shape index (κ1) is 13.0. The van der Waals surface area contributed by atoms with E-state index in [-0.39, 0.29) is 11.7 Å².